The minimum absolute atomic E-state index is 0.0388. The second kappa shape index (κ2) is 10.5. The van der Waals surface area contributed by atoms with E-state index in [2.05, 4.69) is 0 Å². The maximum atomic E-state index is 13.5. The standard InChI is InChI=1S/C26H28O8/c1-5-7-21(32-14(3)27)17-12-19(22(8-6-2)33-15(4)28)25-20(13-17)24(29)18-11-16(26(30)31)9-10-23(18)34-25/h9-13,21-22H,5-8H2,1-4H3,(H,30,31). The number of fused-ring (bicyclic) bond motifs is 2. The number of ether oxygens (including phenoxy) is 2. The second-order valence-corrected chi connectivity index (χ2v) is 8.21. The Hall–Kier alpha value is -3.68. The van der Waals surface area contributed by atoms with Gasteiger partial charge in [0.1, 0.15) is 23.4 Å². The fourth-order valence-electron chi connectivity index (χ4n) is 4.06. The van der Waals surface area contributed by atoms with Crippen LogP contribution in [0, 0.1) is 0 Å². The van der Waals surface area contributed by atoms with Gasteiger partial charge in [0.25, 0.3) is 0 Å². The van der Waals surface area contributed by atoms with Crippen LogP contribution in [0.25, 0.3) is 21.9 Å². The molecule has 0 bridgehead atoms. The highest BCUT2D eigenvalue weighted by atomic mass is 16.5. The Balaban J connectivity index is 2.39. The number of rotatable bonds is 9. The molecule has 0 aliphatic heterocycles. The van der Waals surface area contributed by atoms with Crippen LogP contribution in [0.4, 0.5) is 0 Å². The highest BCUT2D eigenvalue weighted by molar-refractivity contribution is 5.96. The largest absolute Gasteiger partial charge is 0.478 e. The van der Waals surface area contributed by atoms with Gasteiger partial charge in [-0.05, 0) is 48.7 Å². The average molecular weight is 469 g/mol. The van der Waals surface area contributed by atoms with Crippen LogP contribution in [0.2, 0.25) is 0 Å². The lowest BCUT2D eigenvalue weighted by Crippen LogP contribution is -2.14. The summed E-state index contributed by atoms with van der Waals surface area (Å²) in [6, 6.07) is 7.45. The van der Waals surface area contributed by atoms with Crippen molar-refractivity contribution in [3.8, 4) is 0 Å². The van der Waals surface area contributed by atoms with Crippen LogP contribution in [0.15, 0.2) is 39.5 Å². The molecule has 0 aliphatic rings. The first kappa shape index (κ1) is 25.0. The molecular formula is C26H28O8. The summed E-state index contributed by atoms with van der Waals surface area (Å²) in [7, 11) is 0. The van der Waals surface area contributed by atoms with Crippen LogP contribution in [0.5, 0.6) is 0 Å². The zero-order chi connectivity index (χ0) is 25.0. The lowest BCUT2D eigenvalue weighted by molar-refractivity contribution is -0.147. The average Bonchev–Trinajstić information content (AvgIpc) is 2.77. The summed E-state index contributed by atoms with van der Waals surface area (Å²) >= 11 is 0. The summed E-state index contributed by atoms with van der Waals surface area (Å²) in [6.07, 6.45) is 1.16. The van der Waals surface area contributed by atoms with Crippen molar-refractivity contribution in [2.45, 2.75) is 65.6 Å². The number of hydrogen-bond acceptors (Lipinski definition) is 7. The van der Waals surface area contributed by atoms with E-state index < -0.39 is 35.5 Å². The Morgan fingerprint density at radius 2 is 1.53 bits per heavy atom. The van der Waals surface area contributed by atoms with E-state index in [9.17, 15) is 24.3 Å². The van der Waals surface area contributed by atoms with Gasteiger partial charge in [-0.3, -0.25) is 14.4 Å². The molecule has 0 fully saturated rings. The number of carboxylic acids is 1. The first-order valence-corrected chi connectivity index (χ1v) is 11.3. The fraction of sp³-hybridized carbons (Fsp3) is 0.385. The van der Waals surface area contributed by atoms with Crippen LogP contribution in [0.3, 0.4) is 0 Å². The minimum Gasteiger partial charge on any atom is -0.478 e. The topological polar surface area (TPSA) is 120 Å². The molecule has 0 spiro atoms. The van der Waals surface area contributed by atoms with Crippen LogP contribution >= 0.6 is 0 Å². The highest BCUT2D eigenvalue weighted by Crippen LogP contribution is 2.35. The Kier molecular flexibility index (Phi) is 7.71. The third-order valence-electron chi connectivity index (χ3n) is 5.50. The third kappa shape index (κ3) is 5.27. The summed E-state index contributed by atoms with van der Waals surface area (Å²) in [6.45, 7) is 6.53. The van der Waals surface area contributed by atoms with Crippen molar-refractivity contribution < 1.29 is 33.4 Å². The molecule has 2 aromatic carbocycles. The van der Waals surface area contributed by atoms with Crippen molar-refractivity contribution in [3.05, 3.63) is 57.2 Å². The lowest BCUT2D eigenvalue weighted by Gasteiger charge is -2.22. The molecule has 0 aliphatic carbocycles. The summed E-state index contributed by atoms with van der Waals surface area (Å²) < 4.78 is 17.2. The van der Waals surface area contributed by atoms with Gasteiger partial charge >= 0.3 is 17.9 Å². The molecule has 2 atom stereocenters. The Morgan fingerprint density at radius 1 is 0.912 bits per heavy atom. The van der Waals surface area contributed by atoms with Gasteiger partial charge in [-0.15, -0.1) is 0 Å². The van der Waals surface area contributed by atoms with Gasteiger partial charge in [0.15, 0.2) is 0 Å². The summed E-state index contributed by atoms with van der Waals surface area (Å²) in [5.74, 6) is -2.09. The first-order valence-electron chi connectivity index (χ1n) is 11.3. The van der Waals surface area contributed by atoms with E-state index in [1.807, 2.05) is 13.8 Å². The van der Waals surface area contributed by atoms with Crippen LogP contribution in [-0.4, -0.2) is 23.0 Å². The highest BCUT2D eigenvalue weighted by Gasteiger charge is 2.25. The maximum absolute atomic E-state index is 13.5. The van der Waals surface area contributed by atoms with Crippen molar-refractivity contribution >= 4 is 39.8 Å². The summed E-state index contributed by atoms with van der Waals surface area (Å²) in [4.78, 5) is 48.5. The minimum atomic E-state index is -1.16. The van der Waals surface area contributed by atoms with E-state index in [1.165, 1.54) is 32.0 Å². The molecule has 0 amide bonds. The Morgan fingerprint density at radius 3 is 2.12 bits per heavy atom. The van der Waals surface area contributed by atoms with E-state index in [1.54, 1.807) is 12.1 Å². The molecule has 8 heteroatoms. The lowest BCUT2D eigenvalue weighted by atomic mass is 9.94. The molecule has 3 rings (SSSR count). The molecule has 0 saturated heterocycles. The maximum Gasteiger partial charge on any atom is 0.335 e. The Labute approximate surface area is 196 Å². The normalized spacial score (nSPS) is 12.9. The molecule has 2 unspecified atom stereocenters. The number of carbonyl (C=O) groups excluding carboxylic acids is 2. The molecular weight excluding hydrogens is 440 g/mol. The van der Waals surface area contributed by atoms with E-state index in [4.69, 9.17) is 13.9 Å². The van der Waals surface area contributed by atoms with Crippen molar-refractivity contribution in [3.63, 3.8) is 0 Å². The van der Waals surface area contributed by atoms with Crippen molar-refractivity contribution in [2.75, 3.05) is 0 Å². The zero-order valence-corrected chi connectivity index (χ0v) is 19.7. The van der Waals surface area contributed by atoms with E-state index >= 15 is 0 Å². The number of hydrogen-bond donors (Lipinski definition) is 1. The van der Waals surface area contributed by atoms with Gasteiger partial charge in [-0.1, -0.05) is 26.7 Å². The Bertz CT molecular complexity index is 1300. The van der Waals surface area contributed by atoms with Gasteiger partial charge in [0, 0.05) is 19.4 Å². The second-order valence-electron chi connectivity index (χ2n) is 8.21. The number of benzene rings is 2. The number of carbonyl (C=O) groups is 3. The summed E-state index contributed by atoms with van der Waals surface area (Å²) in [5, 5.41) is 9.66. The quantitative estimate of drug-likeness (QED) is 0.325. The predicted molar refractivity (Wildman–Crippen MR) is 126 cm³/mol. The number of carboxylic acid groups (broad SMARTS) is 1. The van der Waals surface area contributed by atoms with E-state index in [0.29, 0.717) is 30.4 Å². The monoisotopic (exact) mass is 468 g/mol. The molecule has 3 aromatic rings. The van der Waals surface area contributed by atoms with E-state index in [0.717, 1.165) is 6.42 Å². The third-order valence-corrected chi connectivity index (χ3v) is 5.50. The smallest absolute Gasteiger partial charge is 0.335 e. The SMILES string of the molecule is CCCC(OC(C)=O)c1cc(C(CCC)OC(C)=O)c2oc3ccc(C(=O)O)cc3c(=O)c2c1. The van der Waals surface area contributed by atoms with Gasteiger partial charge < -0.3 is 19.0 Å². The van der Waals surface area contributed by atoms with Gasteiger partial charge in [-0.2, -0.15) is 0 Å². The number of esters is 2. The molecule has 34 heavy (non-hydrogen) atoms. The van der Waals surface area contributed by atoms with Crippen LogP contribution in [0.1, 0.15) is 87.1 Å². The van der Waals surface area contributed by atoms with Gasteiger partial charge in [0.2, 0.25) is 5.43 Å². The van der Waals surface area contributed by atoms with Crippen molar-refractivity contribution in [1.29, 1.82) is 0 Å². The zero-order valence-electron chi connectivity index (χ0n) is 19.7. The molecule has 180 valence electrons. The van der Waals surface area contributed by atoms with Crippen molar-refractivity contribution in [2.24, 2.45) is 0 Å². The van der Waals surface area contributed by atoms with Gasteiger partial charge in [-0.25, -0.2) is 4.79 Å². The molecule has 1 N–H and O–H groups in total. The molecule has 1 aromatic heterocycles. The van der Waals surface area contributed by atoms with Crippen LogP contribution in [-0.2, 0) is 19.1 Å². The first-order chi connectivity index (χ1) is 16.2. The van der Waals surface area contributed by atoms with Crippen LogP contribution < -0.4 is 5.43 Å². The molecule has 0 saturated carbocycles. The molecule has 0 radical (unpaired) electrons. The number of aromatic carboxylic acids is 1. The fourth-order valence-corrected chi connectivity index (χ4v) is 4.06. The molecule has 1 heterocycles. The van der Waals surface area contributed by atoms with Crippen molar-refractivity contribution in [1.82, 2.24) is 0 Å². The molecule has 8 nitrogen and oxygen atoms in total. The van der Waals surface area contributed by atoms with Gasteiger partial charge in [0.05, 0.1) is 16.3 Å². The van der Waals surface area contributed by atoms with E-state index in [-0.39, 0.29) is 27.5 Å². The predicted octanol–water partition coefficient (Wildman–Crippen LogP) is 5.45. The summed E-state index contributed by atoms with van der Waals surface area (Å²) in [5.41, 5.74) is 1.09.